The van der Waals surface area contributed by atoms with Crippen molar-refractivity contribution in [2.75, 3.05) is 26.3 Å². The molecule has 0 atom stereocenters. The van der Waals surface area contributed by atoms with E-state index in [0.29, 0.717) is 0 Å². The van der Waals surface area contributed by atoms with Crippen molar-refractivity contribution in [2.45, 2.75) is 25.4 Å². The molecule has 4 nitrogen and oxygen atoms in total. The molecule has 0 unspecified atom stereocenters. The molecule has 2 aliphatic heterocycles. The Bertz CT molecular complexity index is 313. The van der Waals surface area contributed by atoms with Crippen LogP contribution in [0.15, 0.2) is 18.5 Å². The van der Waals surface area contributed by atoms with Gasteiger partial charge in [-0.3, -0.25) is 9.58 Å². The van der Waals surface area contributed by atoms with Crippen molar-refractivity contribution in [1.29, 1.82) is 0 Å². The zero-order valence-electron chi connectivity index (χ0n) is 9.59. The van der Waals surface area contributed by atoms with Crippen molar-refractivity contribution >= 4 is 0 Å². The maximum atomic E-state index is 5.39. The summed E-state index contributed by atoms with van der Waals surface area (Å²) in [6.45, 7) is 5.46. The van der Waals surface area contributed by atoms with Crippen LogP contribution in [0.1, 0.15) is 12.8 Å². The third-order valence-electron chi connectivity index (χ3n) is 3.70. The first-order chi connectivity index (χ1) is 7.92. The van der Waals surface area contributed by atoms with Gasteiger partial charge in [0.05, 0.1) is 0 Å². The number of likely N-dealkylation sites (tertiary alicyclic amines) is 1. The van der Waals surface area contributed by atoms with Crippen LogP contribution in [0.4, 0.5) is 0 Å². The second-order valence-electron chi connectivity index (χ2n) is 4.89. The zero-order chi connectivity index (χ0) is 10.8. The Kier molecular flexibility index (Phi) is 2.93. The lowest BCUT2D eigenvalue weighted by Crippen LogP contribution is -2.54. The number of aromatic nitrogens is 2. The van der Waals surface area contributed by atoms with E-state index >= 15 is 0 Å². The molecule has 4 heteroatoms. The highest BCUT2D eigenvalue weighted by Crippen LogP contribution is 2.25. The van der Waals surface area contributed by atoms with E-state index in [1.54, 1.807) is 0 Å². The molecule has 0 radical (unpaired) electrons. The number of hydrogen-bond acceptors (Lipinski definition) is 3. The smallest absolute Gasteiger partial charge is 0.0489 e. The van der Waals surface area contributed by atoms with Gasteiger partial charge in [0.2, 0.25) is 0 Å². The van der Waals surface area contributed by atoms with Crippen LogP contribution in [0.25, 0.3) is 0 Å². The van der Waals surface area contributed by atoms with E-state index in [-0.39, 0.29) is 0 Å². The van der Waals surface area contributed by atoms with Gasteiger partial charge in [-0.05, 0) is 18.9 Å². The molecule has 0 spiro atoms. The predicted molar refractivity (Wildman–Crippen MR) is 61.1 cm³/mol. The van der Waals surface area contributed by atoms with Gasteiger partial charge in [-0.15, -0.1) is 0 Å². The first-order valence-electron chi connectivity index (χ1n) is 6.21. The minimum Gasteiger partial charge on any atom is -0.381 e. The van der Waals surface area contributed by atoms with Gasteiger partial charge in [0.15, 0.2) is 0 Å². The maximum absolute atomic E-state index is 5.39. The fourth-order valence-electron chi connectivity index (χ4n) is 2.75. The molecule has 0 saturated carbocycles. The van der Waals surface area contributed by atoms with Crippen LogP contribution in [0, 0.1) is 5.92 Å². The topological polar surface area (TPSA) is 30.3 Å². The highest BCUT2D eigenvalue weighted by atomic mass is 16.5. The van der Waals surface area contributed by atoms with Gasteiger partial charge >= 0.3 is 0 Å². The van der Waals surface area contributed by atoms with Crippen LogP contribution < -0.4 is 0 Å². The lowest BCUT2D eigenvalue weighted by atomic mass is 9.94. The second kappa shape index (κ2) is 4.55. The van der Waals surface area contributed by atoms with Crippen molar-refractivity contribution in [3.63, 3.8) is 0 Å². The van der Waals surface area contributed by atoms with E-state index in [2.05, 4.69) is 16.2 Å². The van der Waals surface area contributed by atoms with Crippen molar-refractivity contribution in [3.05, 3.63) is 18.5 Å². The van der Waals surface area contributed by atoms with Gasteiger partial charge in [0.1, 0.15) is 0 Å². The fraction of sp³-hybridized carbons (Fsp3) is 0.750. The number of hydrogen-bond donors (Lipinski definition) is 0. The molecule has 1 aromatic rings. The molecule has 3 rings (SSSR count). The van der Waals surface area contributed by atoms with E-state index < -0.39 is 0 Å². The summed E-state index contributed by atoms with van der Waals surface area (Å²) < 4.78 is 7.44. The van der Waals surface area contributed by atoms with Gasteiger partial charge in [-0.2, -0.15) is 5.10 Å². The molecule has 0 bridgehead atoms. The molecule has 0 aromatic carbocycles. The number of rotatable bonds is 3. The van der Waals surface area contributed by atoms with Crippen molar-refractivity contribution in [1.82, 2.24) is 14.7 Å². The molecule has 2 fully saturated rings. The molecular weight excluding hydrogens is 202 g/mol. The summed E-state index contributed by atoms with van der Waals surface area (Å²) in [5.74, 6) is 0.794. The molecule has 16 heavy (non-hydrogen) atoms. The summed E-state index contributed by atoms with van der Waals surface area (Å²) in [5.41, 5.74) is 0. The monoisotopic (exact) mass is 221 g/mol. The third-order valence-corrected chi connectivity index (χ3v) is 3.70. The first kappa shape index (κ1) is 10.3. The minimum atomic E-state index is 0.780. The Morgan fingerprint density at radius 3 is 2.75 bits per heavy atom. The summed E-state index contributed by atoms with van der Waals surface area (Å²) in [6.07, 6.45) is 6.34. The number of ether oxygens (including phenoxy) is 1. The normalized spacial score (nSPS) is 24.5. The third kappa shape index (κ3) is 2.13. The van der Waals surface area contributed by atoms with Gasteiger partial charge in [0, 0.05) is 57.2 Å². The molecule has 88 valence electrons. The molecule has 0 N–H and O–H groups in total. The van der Waals surface area contributed by atoms with Gasteiger partial charge in [0.25, 0.3) is 0 Å². The fourth-order valence-corrected chi connectivity index (χ4v) is 2.75. The van der Waals surface area contributed by atoms with Crippen LogP contribution in [-0.4, -0.2) is 47.0 Å². The van der Waals surface area contributed by atoms with E-state index in [1.165, 1.54) is 25.9 Å². The van der Waals surface area contributed by atoms with Crippen LogP contribution in [0.5, 0.6) is 0 Å². The Hall–Kier alpha value is -0.870. The zero-order valence-corrected chi connectivity index (χ0v) is 9.59. The molecule has 2 saturated heterocycles. The Morgan fingerprint density at radius 1 is 1.25 bits per heavy atom. The standard InChI is InChI=1S/C12H19N3O/c1-4-13-15(5-1)10-11-8-14(9-11)12-2-6-16-7-3-12/h1,4-5,11-12H,2-3,6-10H2. The largest absolute Gasteiger partial charge is 0.381 e. The van der Waals surface area contributed by atoms with Crippen molar-refractivity contribution in [3.8, 4) is 0 Å². The van der Waals surface area contributed by atoms with E-state index in [0.717, 1.165) is 31.7 Å². The summed E-state index contributed by atoms with van der Waals surface area (Å²) in [6, 6.07) is 2.78. The van der Waals surface area contributed by atoms with Crippen LogP contribution >= 0.6 is 0 Å². The number of nitrogens with zero attached hydrogens (tertiary/aromatic N) is 3. The van der Waals surface area contributed by atoms with E-state index in [4.69, 9.17) is 4.74 Å². The Labute approximate surface area is 96.2 Å². The van der Waals surface area contributed by atoms with Crippen molar-refractivity contribution < 1.29 is 4.74 Å². The summed E-state index contributed by atoms with van der Waals surface area (Å²) in [4.78, 5) is 2.61. The molecule has 0 aliphatic carbocycles. The lowest BCUT2D eigenvalue weighted by molar-refractivity contribution is -0.0198. The highest BCUT2D eigenvalue weighted by molar-refractivity contribution is 4.87. The predicted octanol–water partition coefficient (Wildman–Crippen LogP) is 0.994. The quantitative estimate of drug-likeness (QED) is 0.762. The Morgan fingerprint density at radius 2 is 2.06 bits per heavy atom. The molecule has 1 aromatic heterocycles. The molecule has 0 amide bonds. The van der Waals surface area contributed by atoms with Crippen LogP contribution in [-0.2, 0) is 11.3 Å². The minimum absolute atomic E-state index is 0.780. The average molecular weight is 221 g/mol. The molecule has 2 aliphatic rings. The highest BCUT2D eigenvalue weighted by Gasteiger charge is 2.33. The van der Waals surface area contributed by atoms with Crippen LogP contribution in [0.2, 0.25) is 0 Å². The van der Waals surface area contributed by atoms with E-state index in [9.17, 15) is 0 Å². The SMILES string of the molecule is c1cnn(CC2CN(C3CCOCC3)C2)c1. The van der Waals surface area contributed by atoms with Gasteiger partial charge in [-0.1, -0.05) is 0 Å². The van der Waals surface area contributed by atoms with Gasteiger partial charge in [-0.25, -0.2) is 0 Å². The van der Waals surface area contributed by atoms with Crippen LogP contribution in [0.3, 0.4) is 0 Å². The first-order valence-corrected chi connectivity index (χ1v) is 6.21. The molecule has 3 heterocycles. The second-order valence-corrected chi connectivity index (χ2v) is 4.89. The Balaban J connectivity index is 1.44. The summed E-state index contributed by atoms with van der Waals surface area (Å²) >= 11 is 0. The summed E-state index contributed by atoms with van der Waals surface area (Å²) in [5, 5.41) is 4.25. The van der Waals surface area contributed by atoms with E-state index in [1.807, 2.05) is 16.9 Å². The van der Waals surface area contributed by atoms with Crippen molar-refractivity contribution in [2.24, 2.45) is 5.92 Å². The molecular formula is C12H19N3O. The van der Waals surface area contributed by atoms with Gasteiger partial charge < -0.3 is 4.74 Å². The maximum Gasteiger partial charge on any atom is 0.0489 e. The lowest BCUT2D eigenvalue weighted by Gasteiger charge is -2.45. The summed E-state index contributed by atoms with van der Waals surface area (Å²) in [7, 11) is 0. The average Bonchev–Trinajstić information content (AvgIpc) is 2.77.